The minimum Gasteiger partial charge on any atom is -0.449 e. The van der Waals surface area contributed by atoms with Gasteiger partial charge in [-0.3, -0.25) is 4.79 Å². The van der Waals surface area contributed by atoms with Gasteiger partial charge < -0.3 is 14.5 Å². The van der Waals surface area contributed by atoms with Gasteiger partial charge in [0.15, 0.2) is 0 Å². The van der Waals surface area contributed by atoms with Crippen LogP contribution in [0.3, 0.4) is 0 Å². The summed E-state index contributed by atoms with van der Waals surface area (Å²) < 4.78 is 6.84. The molecule has 2 amide bonds. The zero-order valence-electron chi connectivity index (χ0n) is 17.0. The Kier molecular flexibility index (Phi) is 7.15. The number of hydrogen-bond donors (Lipinski definition) is 0. The lowest BCUT2D eigenvalue weighted by atomic mass is 10.0. The lowest BCUT2D eigenvalue weighted by molar-refractivity contribution is -0.135. The first-order valence-electron chi connectivity index (χ1n) is 10.0. The molecule has 1 saturated heterocycles. The highest BCUT2D eigenvalue weighted by Gasteiger charge is 2.30. The first kappa shape index (κ1) is 20.8. The number of carbonyl (C=O) groups excluding carboxylic acids is 2. The lowest BCUT2D eigenvalue weighted by Crippen LogP contribution is -2.41. The first-order chi connectivity index (χ1) is 14.0. The molecular formula is C20H28N6O3. The van der Waals surface area contributed by atoms with Crippen LogP contribution in [0, 0.1) is 5.92 Å². The third kappa shape index (κ3) is 5.75. The number of hydrogen-bond acceptors (Lipinski definition) is 6. The third-order valence-electron chi connectivity index (χ3n) is 4.85. The molecule has 3 rings (SSSR count). The van der Waals surface area contributed by atoms with Crippen LogP contribution in [-0.4, -0.2) is 74.8 Å². The van der Waals surface area contributed by atoms with E-state index in [2.05, 4.69) is 15.5 Å². The molecule has 1 aliphatic rings. The van der Waals surface area contributed by atoms with Gasteiger partial charge in [0.1, 0.15) is 12.4 Å². The fourth-order valence-electron chi connectivity index (χ4n) is 3.30. The summed E-state index contributed by atoms with van der Waals surface area (Å²) in [5, 5.41) is 11.3. The molecule has 1 aromatic carbocycles. The van der Waals surface area contributed by atoms with E-state index < -0.39 is 6.04 Å². The van der Waals surface area contributed by atoms with Crippen molar-refractivity contribution in [2.45, 2.75) is 32.7 Å². The number of aromatic nitrogens is 4. The van der Waals surface area contributed by atoms with Gasteiger partial charge in [-0.1, -0.05) is 44.2 Å². The van der Waals surface area contributed by atoms with Crippen molar-refractivity contribution < 1.29 is 14.3 Å². The second-order valence-corrected chi connectivity index (χ2v) is 7.63. The van der Waals surface area contributed by atoms with Crippen LogP contribution in [0.2, 0.25) is 0 Å². The van der Waals surface area contributed by atoms with Gasteiger partial charge in [0.25, 0.3) is 0 Å². The fraction of sp³-hybridized carbons (Fsp3) is 0.550. The molecule has 1 fully saturated rings. The van der Waals surface area contributed by atoms with Crippen LogP contribution < -0.4 is 0 Å². The van der Waals surface area contributed by atoms with Gasteiger partial charge in [-0.05, 0) is 28.3 Å². The van der Waals surface area contributed by atoms with Crippen molar-refractivity contribution >= 4 is 12.0 Å². The Morgan fingerprint density at radius 1 is 1.07 bits per heavy atom. The highest BCUT2D eigenvalue weighted by Crippen LogP contribution is 2.18. The summed E-state index contributed by atoms with van der Waals surface area (Å²) in [6.07, 6.45) is 2.37. The van der Waals surface area contributed by atoms with E-state index in [1.54, 1.807) is 9.80 Å². The van der Waals surface area contributed by atoms with Gasteiger partial charge in [0.2, 0.25) is 5.91 Å². The van der Waals surface area contributed by atoms with Crippen LogP contribution in [0.4, 0.5) is 4.79 Å². The number of nitrogens with zero attached hydrogens (tertiary/aromatic N) is 6. The summed E-state index contributed by atoms with van der Waals surface area (Å²) in [6, 6.07) is 9.29. The van der Waals surface area contributed by atoms with Crippen LogP contribution in [0.25, 0.3) is 0 Å². The van der Waals surface area contributed by atoms with Crippen LogP contribution in [0.1, 0.15) is 31.9 Å². The number of amides is 2. The highest BCUT2D eigenvalue weighted by atomic mass is 16.6. The Hall–Kier alpha value is -2.97. The zero-order chi connectivity index (χ0) is 20.6. The minimum atomic E-state index is -0.521. The molecule has 1 aromatic heterocycles. The molecule has 1 atom stereocenters. The van der Waals surface area contributed by atoms with E-state index in [-0.39, 0.29) is 12.0 Å². The molecule has 9 nitrogen and oxygen atoms in total. The molecule has 0 N–H and O–H groups in total. The molecule has 156 valence electrons. The van der Waals surface area contributed by atoms with Crippen molar-refractivity contribution in [1.29, 1.82) is 0 Å². The van der Waals surface area contributed by atoms with E-state index in [4.69, 9.17) is 4.74 Å². The van der Waals surface area contributed by atoms with Crippen LogP contribution >= 0.6 is 0 Å². The molecule has 1 unspecified atom stereocenters. The summed E-state index contributed by atoms with van der Waals surface area (Å²) in [5.41, 5.74) is 1.04. The molecule has 0 bridgehead atoms. The standard InChI is InChI=1S/C20H28N6O3/c1-16(2)14-29-20(28)25-10-6-9-24(11-12-25)19(27)18(26-15-21-22-23-26)13-17-7-4-3-5-8-17/h3-5,7-8,15-16,18H,6,9-14H2,1-2H3. The Morgan fingerprint density at radius 2 is 1.79 bits per heavy atom. The van der Waals surface area contributed by atoms with E-state index in [0.717, 1.165) is 5.56 Å². The van der Waals surface area contributed by atoms with E-state index in [9.17, 15) is 9.59 Å². The molecule has 0 aliphatic carbocycles. The summed E-state index contributed by atoms with van der Waals surface area (Å²) in [5.74, 6) is 0.248. The second kappa shape index (κ2) is 9.99. The maximum Gasteiger partial charge on any atom is 0.409 e. The van der Waals surface area contributed by atoms with Crippen molar-refractivity contribution in [3.8, 4) is 0 Å². The normalized spacial score (nSPS) is 15.8. The minimum absolute atomic E-state index is 0.0430. The third-order valence-corrected chi connectivity index (χ3v) is 4.85. The molecule has 0 radical (unpaired) electrons. The summed E-state index contributed by atoms with van der Waals surface area (Å²) >= 11 is 0. The zero-order valence-corrected chi connectivity index (χ0v) is 17.0. The number of tetrazole rings is 1. The van der Waals surface area contributed by atoms with Crippen LogP contribution in [0.15, 0.2) is 36.7 Å². The molecule has 9 heteroatoms. The van der Waals surface area contributed by atoms with Crippen molar-refractivity contribution in [2.75, 3.05) is 32.8 Å². The highest BCUT2D eigenvalue weighted by molar-refractivity contribution is 5.81. The Bertz CT molecular complexity index is 781. The Balaban J connectivity index is 1.66. The first-order valence-corrected chi connectivity index (χ1v) is 10.0. The van der Waals surface area contributed by atoms with Crippen LogP contribution in [-0.2, 0) is 16.0 Å². The molecule has 1 aliphatic heterocycles. The predicted octanol–water partition coefficient (Wildman–Crippen LogP) is 1.78. The second-order valence-electron chi connectivity index (χ2n) is 7.63. The maximum absolute atomic E-state index is 13.3. The molecular weight excluding hydrogens is 372 g/mol. The summed E-state index contributed by atoms with van der Waals surface area (Å²) in [7, 11) is 0. The Labute approximate surface area is 170 Å². The Morgan fingerprint density at radius 3 is 2.48 bits per heavy atom. The maximum atomic E-state index is 13.3. The topological polar surface area (TPSA) is 93.5 Å². The summed E-state index contributed by atoms with van der Waals surface area (Å²) in [4.78, 5) is 29.1. The SMILES string of the molecule is CC(C)COC(=O)N1CCCN(C(=O)C(Cc2ccccc2)n2cnnn2)CC1. The predicted molar refractivity (Wildman–Crippen MR) is 106 cm³/mol. The largest absolute Gasteiger partial charge is 0.449 e. The molecule has 2 aromatic rings. The van der Waals surface area contributed by atoms with Crippen molar-refractivity contribution in [1.82, 2.24) is 30.0 Å². The van der Waals surface area contributed by atoms with E-state index in [0.29, 0.717) is 51.5 Å². The number of ether oxygens (including phenoxy) is 1. The van der Waals surface area contributed by atoms with Gasteiger partial charge in [-0.2, -0.15) is 0 Å². The average molecular weight is 400 g/mol. The molecule has 29 heavy (non-hydrogen) atoms. The monoisotopic (exact) mass is 400 g/mol. The van der Waals surface area contributed by atoms with Gasteiger partial charge in [-0.15, -0.1) is 5.10 Å². The quantitative estimate of drug-likeness (QED) is 0.734. The van der Waals surface area contributed by atoms with E-state index >= 15 is 0 Å². The van der Waals surface area contributed by atoms with E-state index in [1.807, 2.05) is 44.2 Å². The molecule has 0 saturated carbocycles. The fourth-order valence-corrected chi connectivity index (χ4v) is 3.30. The number of rotatable bonds is 6. The van der Waals surface area contributed by atoms with Gasteiger partial charge in [-0.25, -0.2) is 9.48 Å². The van der Waals surface area contributed by atoms with Crippen LogP contribution in [0.5, 0.6) is 0 Å². The molecule has 0 spiro atoms. The van der Waals surface area contributed by atoms with Gasteiger partial charge in [0, 0.05) is 32.6 Å². The summed E-state index contributed by atoms with van der Waals surface area (Å²) in [6.45, 7) is 6.48. The smallest absolute Gasteiger partial charge is 0.409 e. The average Bonchev–Trinajstić information content (AvgIpc) is 3.14. The van der Waals surface area contributed by atoms with Crippen molar-refractivity contribution in [3.05, 3.63) is 42.2 Å². The van der Waals surface area contributed by atoms with E-state index in [1.165, 1.54) is 11.0 Å². The lowest BCUT2D eigenvalue weighted by Gasteiger charge is -2.26. The van der Waals surface area contributed by atoms with Gasteiger partial charge in [0.05, 0.1) is 6.61 Å². The van der Waals surface area contributed by atoms with Crippen molar-refractivity contribution in [3.63, 3.8) is 0 Å². The number of benzene rings is 1. The molecule has 2 heterocycles. The van der Waals surface area contributed by atoms with Crippen molar-refractivity contribution in [2.24, 2.45) is 5.92 Å². The number of carbonyl (C=O) groups is 2. The van der Waals surface area contributed by atoms with Gasteiger partial charge >= 0.3 is 6.09 Å².